The van der Waals surface area contributed by atoms with Crippen LogP contribution in [-0.4, -0.2) is 17.0 Å². The Morgan fingerprint density at radius 1 is 1.40 bits per heavy atom. The fraction of sp³-hybridized carbons (Fsp3) is 0.286. The number of aryl methyl sites for hydroxylation is 1. The number of hydrogen-bond acceptors (Lipinski definition) is 5. The van der Waals surface area contributed by atoms with E-state index >= 15 is 0 Å². The van der Waals surface area contributed by atoms with Crippen molar-refractivity contribution in [3.63, 3.8) is 0 Å². The quantitative estimate of drug-likeness (QED) is 0.679. The van der Waals surface area contributed by atoms with Crippen molar-refractivity contribution in [3.05, 3.63) is 40.4 Å². The number of nitrogens with zero attached hydrogens (tertiary/aromatic N) is 3. The summed E-state index contributed by atoms with van der Waals surface area (Å²) in [6.07, 6.45) is 4.40. The highest BCUT2D eigenvalue weighted by molar-refractivity contribution is 7.18. The smallest absolute Gasteiger partial charge is 0.225 e. The van der Waals surface area contributed by atoms with Crippen LogP contribution in [0.3, 0.4) is 0 Å². The molecule has 0 atom stereocenters. The highest BCUT2D eigenvalue weighted by Gasteiger charge is 2.14. The molecule has 0 aliphatic heterocycles. The Morgan fingerprint density at radius 3 is 2.95 bits per heavy atom. The summed E-state index contributed by atoms with van der Waals surface area (Å²) in [6, 6.07) is 4.10. The number of anilines is 1. The first-order valence-electron chi connectivity index (χ1n) is 6.35. The van der Waals surface area contributed by atoms with Crippen LogP contribution in [0.25, 0.3) is 10.2 Å². The minimum atomic E-state index is 0.288. The minimum Gasteiger partial charge on any atom is -0.472 e. The molecule has 0 aromatic carbocycles. The van der Waals surface area contributed by atoms with Crippen LogP contribution in [0, 0.1) is 0 Å². The number of halogens is 1. The van der Waals surface area contributed by atoms with Crippen molar-refractivity contribution in [1.82, 2.24) is 9.97 Å². The molecule has 0 N–H and O–H groups in total. The molecule has 3 rings (SSSR count). The number of rotatable bonds is 4. The van der Waals surface area contributed by atoms with E-state index in [1.807, 2.05) is 13.1 Å². The van der Waals surface area contributed by atoms with Gasteiger partial charge in [0.25, 0.3) is 0 Å². The van der Waals surface area contributed by atoms with Gasteiger partial charge < -0.3 is 9.32 Å². The molecule has 0 bridgehead atoms. The number of aromatic nitrogens is 2. The van der Waals surface area contributed by atoms with Gasteiger partial charge in [0.15, 0.2) is 0 Å². The van der Waals surface area contributed by atoms with Crippen LogP contribution in [0.2, 0.25) is 5.28 Å². The summed E-state index contributed by atoms with van der Waals surface area (Å²) in [6.45, 7) is 2.85. The highest BCUT2D eigenvalue weighted by Crippen LogP contribution is 2.32. The topological polar surface area (TPSA) is 42.2 Å². The molecule has 3 heterocycles. The number of fused-ring (bicyclic) bond motifs is 1. The number of thiophene rings is 1. The van der Waals surface area contributed by atoms with Gasteiger partial charge in [-0.2, -0.15) is 4.98 Å². The van der Waals surface area contributed by atoms with Crippen LogP contribution in [0.1, 0.15) is 17.4 Å². The van der Waals surface area contributed by atoms with Gasteiger partial charge in [0.05, 0.1) is 17.9 Å². The normalized spacial score (nSPS) is 11.2. The van der Waals surface area contributed by atoms with Crippen molar-refractivity contribution < 1.29 is 4.42 Å². The van der Waals surface area contributed by atoms with E-state index in [1.54, 1.807) is 23.9 Å². The maximum atomic E-state index is 6.04. The molecule has 0 fully saturated rings. The van der Waals surface area contributed by atoms with Crippen LogP contribution < -0.4 is 4.90 Å². The molecule has 0 aliphatic rings. The van der Waals surface area contributed by atoms with Gasteiger partial charge in [0, 0.05) is 24.0 Å². The molecule has 0 spiro atoms. The van der Waals surface area contributed by atoms with Crippen molar-refractivity contribution in [2.75, 3.05) is 11.9 Å². The molecule has 0 radical (unpaired) electrons. The first-order valence-corrected chi connectivity index (χ1v) is 7.55. The third-order valence-electron chi connectivity index (χ3n) is 3.11. The summed E-state index contributed by atoms with van der Waals surface area (Å²) in [5, 5.41) is 1.35. The maximum absolute atomic E-state index is 6.04. The molecular weight excluding hydrogens is 294 g/mol. The van der Waals surface area contributed by atoms with Crippen molar-refractivity contribution >= 4 is 39.0 Å². The highest BCUT2D eigenvalue weighted by atomic mass is 35.5. The zero-order valence-corrected chi connectivity index (χ0v) is 12.8. The van der Waals surface area contributed by atoms with E-state index in [0.717, 1.165) is 34.6 Å². The zero-order valence-electron chi connectivity index (χ0n) is 11.3. The standard InChI is InChI=1S/C14H14ClN3OS/c1-3-10-6-11-12(16-14(15)17-13(11)20-10)18(2)7-9-4-5-19-8-9/h4-6,8H,3,7H2,1-2H3. The summed E-state index contributed by atoms with van der Waals surface area (Å²) in [5.41, 5.74) is 1.10. The van der Waals surface area contributed by atoms with Gasteiger partial charge in [-0.15, -0.1) is 11.3 Å². The first kappa shape index (κ1) is 13.4. The van der Waals surface area contributed by atoms with Gasteiger partial charge >= 0.3 is 0 Å². The maximum Gasteiger partial charge on any atom is 0.225 e. The fourth-order valence-electron chi connectivity index (χ4n) is 2.13. The Labute approximate surface area is 126 Å². The van der Waals surface area contributed by atoms with Crippen molar-refractivity contribution in [2.45, 2.75) is 19.9 Å². The second kappa shape index (κ2) is 5.42. The van der Waals surface area contributed by atoms with Gasteiger partial charge in [-0.25, -0.2) is 4.98 Å². The van der Waals surface area contributed by atoms with E-state index < -0.39 is 0 Å². The second-order valence-electron chi connectivity index (χ2n) is 4.59. The largest absolute Gasteiger partial charge is 0.472 e. The van der Waals surface area contributed by atoms with Crippen molar-refractivity contribution in [1.29, 1.82) is 0 Å². The molecule has 20 heavy (non-hydrogen) atoms. The van der Waals surface area contributed by atoms with Crippen molar-refractivity contribution in [3.8, 4) is 0 Å². The van der Waals surface area contributed by atoms with Crippen LogP contribution in [0.4, 0.5) is 5.82 Å². The molecule has 3 aromatic heterocycles. The van der Waals surface area contributed by atoms with Crippen molar-refractivity contribution in [2.24, 2.45) is 0 Å². The summed E-state index contributed by atoms with van der Waals surface area (Å²) >= 11 is 7.71. The fourth-order valence-corrected chi connectivity index (χ4v) is 3.30. The third kappa shape index (κ3) is 2.51. The van der Waals surface area contributed by atoms with Crippen LogP contribution in [0.5, 0.6) is 0 Å². The minimum absolute atomic E-state index is 0.288. The average Bonchev–Trinajstić information content (AvgIpc) is 3.06. The summed E-state index contributed by atoms with van der Waals surface area (Å²) in [5.74, 6) is 0.858. The molecular formula is C14H14ClN3OS. The van der Waals surface area contributed by atoms with Gasteiger partial charge in [-0.3, -0.25) is 0 Å². The van der Waals surface area contributed by atoms with Gasteiger partial charge in [0.2, 0.25) is 5.28 Å². The molecule has 104 valence electrons. The molecule has 0 saturated heterocycles. The summed E-state index contributed by atoms with van der Waals surface area (Å²) < 4.78 is 5.10. The Balaban J connectivity index is 2.02. The van der Waals surface area contributed by atoms with E-state index in [-0.39, 0.29) is 5.28 Å². The van der Waals surface area contributed by atoms with Crippen LogP contribution in [0.15, 0.2) is 29.1 Å². The Bertz CT molecular complexity index is 723. The number of hydrogen-bond donors (Lipinski definition) is 0. The third-order valence-corrected chi connectivity index (χ3v) is 4.45. The van der Waals surface area contributed by atoms with Gasteiger partial charge in [-0.05, 0) is 30.2 Å². The lowest BCUT2D eigenvalue weighted by atomic mass is 10.2. The SMILES string of the molecule is CCc1cc2c(N(C)Cc3ccoc3)nc(Cl)nc2s1. The first-order chi connectivity index (χ1) is 9.67. The van der Waals surface area contributed by atoms with Gasteiger partial charge in [0.1, 0.15) is 10.6 Å². The predicted octanol–water partition coefficient (Wildman–Crippen LogP) is 4.14. The van der Waals surface area contributed by atoms with E-state index in [9.17, 15) is 0 Å². The van der Waals surface area contributed by atoms with Gasteiger partial charge in [-0.1, -0.05) is 6.92 Å². The Morgan fingerprint density at radius 2 is 2.25 bits per heavy atom. The van der Waals surface area contributed by atoms with Crippen LogP contribution >= 0.6 is 22.9 Å². The molecule has 6 heteroatoms. The van der Waals surface area contributed by atoms with Crippen LogP contribution in [-0.2, 0) is 13.0 Å². The number of furan rings is 1. The second-order valence-corrected chi connectivity index (χ2v) is 6.04. The lowest BCUT2D eigenvalue weighted by Gasteiger charge is -2.18. The lowest BCUT2D eigenvalue weighted by molar-refractivity contribution is 0.563. The van der Waals surface area contributed by atoms with E-state index in [2.05, 4.69) is 27.9 Å². The summed E-state index contributed by atoms with van der Waals surface area (Å²) in [4.78, 5) is 13.0. The van der Waals surface area contributed by atoms with E-state index in [0.29, 0.717) is 0 Å². The molecule has 0 amide bonds. The monoisotopic (exact) mass is 307 g/mol. The predicted molar refractivity (Wildman–Crippen MR) is 82.6 cm³/mol. The average molecular weight is 308 g/mol. The molecule has 4 nitrogen and oxygen atoms in total. The molecule has 0 aliphatic carbocycles. The summed E-state index contributed by atoms with van der Waals surface area (Å²) in [7, 11) is 1.99. The van der Waals surface area contributed by atoms with E-state index in [1.165, 1.54) is 4.88 Å². The molecule has 3 aromatic rings. The molecule has 0 unspecified atom stereocenters. The lowest BCUT2D eigenvalue weighted by Crippen LogP contribution is -2.17. The zero-order chi connectivity index (χ0) is 14.1. The molecule has 0 saturated carbocycles. The van der Waals surface area contributed by atoms with E-state index in [4.69, 9.17) is 16.0 Å². The Kier molecular flexibility index (Phi) is 3.63. The Hall–Kier alpha value is -1.59.